The van der Waals surface area contributed by atoms with Crippen LogP contribution < -0.4 is 9.47 Å². The van der Waals surface area contributed by atoms with Crippen molar-refractivity contribution in [1.82, 2.24) is 15.2 Å². The molecule has 0 aliphatic heterocycles. The summed E-state index contributed by atoms with van der Waals surface area (Å²) in [6, 6.07) is 11.0. The minimum absolute atomic E-state index is 0.0549. The Hall–Kier alpha value is -3.09. The Labute approximate surface area is 137 Å². The minimum Gasteiger partial charge on any atom is -0.504 e. The number of rotatable bonds is 6. The van der Waals surface area contributed by atoms with Crippen molar-refractivity contribution < 1.29 is 19.0 Å². The van der Waals surface area contributed by atoms with E-state index in [0.717, 1.165) is 0 Å². The number of hydrogen-bond acceptors (Lipinski definition) is 5. The maximum Gasteiger partial charge on any atom is 0.181 e. The van der Waals surface area contributed by atoms with Crippen molar-refractivity contribution >= 4 is 0 Å². The molecular weight excluding hydrogens is 313 g/mol. The van der Waals surface area contributed by atoms with Crippen LogP contribution in [0.1, 0.15) is 12.7 Å². The first-order valence-electron chi connectivity index (χ1n) is 7.42. The lowest BCUT2D eigenvalue weighted by atomic mass is 10.2. The van der Waals surface area contributed by atoms with Crippen molar-refractivity contribution in [3.8, 4) is 28.6 Å². The number of aromatic nitrogens is 3. The zero-order chi connectivity index (χ0) is 16.9. The maximum atomic E-state index is 13.5. The fourth-order valence-electron chi connectivity index (χ4n) is 2.12. The predicted molar refractivity (Wildman–Crippen MR) is 85.4 cm³/mol. The highest BCUT2D eigenvalue weighted by molar-refractivity contribution is 5.60. The monoisotopic (exact) mass is 329 g/mol. The third kappa shape index (κ3) is 3.45. The number of aromatic amines is 1. The number of hydrogen-bond donors (Lipinski definition) is 2. The Balaban J connectivity index is 1.74. The number of benzene rings is 2. The summed E-state index contributed by atoms with van der Waals surface area (Å²) in [6.45, 7) is 2.33. The molecule has 2 N–H and O–H groups in total. The highest BCUT2D eigenvalue weighted by Gasteiger charge is 2.11. The molecule has 0 radical (unpaired) electrons. The molecule has 0 saturated heterocycles. The first-order valence-corrected chi connectivity index (χ1v) is 7.42. The quantitative estimate of drug-likeness (QED) is 0.725. The SMILES string of the molecule is CCOc1cc(-c2n[nH]c(COc3ccccc3F)n2)ccc1O. The average Bonchev–Trinajstić information content (AvgIpc) is 3.05. The Bertz CT molecular complexity index is 835. The maximum absolute atomic E-state index is 13.5. The van der Waals surface area contributed by atoms with Crippen molar-refractivity contribution in [1.29, 1.82) is 0 Å². The van der Waals surface area contributed by atoms with Crippen LogP contribution in [0.2, 0.25) is 0 Å². The Morgan fingerprint density at radius 3 is 2.75 bits per heavy atom. The molecule has 0 aliphatic rings. The van der Waals surface area contributed by atoms with E-state index in [1.807, 2.05) is 6.92 Å². The summed E-state index contributed by atoms with van der Waals surface area (Å²) in [7, 11) is 0. The van der Waals surface area contributed by atoms with Gasteiger partial charge in [-0.15, -0.1) is 0 Å². The zero-order valence-corrected chi connectivity index (χ0v) is 13.0. The molecule has 0 fully saturated rings. The number of halogens is 1. The number of H-pyrrole nitrogens is 1. The van der Waals surface area contributed by atoms with E-state index in [1.54, 1.807) is 30.3 Å². The van der Waals surface area contributed by atoms with Crippen molar-refractivity contribution in [2.45, 2.75) is 13.5 Å². The highest BCUT2D eigenvalue weighted by Crippen LogP contribution is 2.30. The minimum atomic E-state index is -0.433. The van der Waals surface area contributed by atoms with Crippen LogP contribution in [0.3, 0.4) is 0 Å². The third-order valence-electron chi connectivity index (χ3n) is 3.25. The van der Waals surface area contributed by atoms with Crippen LogP contribution in [0.25, 0.3) is 11.4 Å². The van der Waals surface area contributed by atoms with Crippen molar-refractivity contribution in [2.24, 2.45) is 0 Å². The van der Waals surface area contributed by atoms with Gasteiger partial charge in [-0.1, -0.05) is 12.1 Å². The molecule has 7 heteroatoms. The molecule has 0 aliphatic carbocycles. The molecule has 3 aromatic rings. The third-order valence-corrected chi connectivity index (χ3v) is 3.25. The smallest absolute Gasteiger partial charge is 0.181 e. The lowest BCUT2D eigenvalue weighted by Crippen LogP contribution is -1.99. The Morgan fingerprint density at radius 1 is 1.12 bits per heavy atom. The second-order valence-electron chi connectivity index (χ2n) is 4.94. The molecule has 124 valence electrons. The Morgan fingerprint density at radius 2 is 1.96 bits per heavy atom. The summed E-state index contributed by atoms with van der Waals surface area (Å²) in [6.07, 6.45) is 0. The Kier molecular flexibility index (Phi) is 4.60. The summed E-state index contributed by atoms with van der Waals surface area (Å²) in [5, 5.41) is 16.6. The van der Waals surface area contributed by atoms with Gasteiger partial charge in [-0.2, -0.15) is 5.10 Å². The van der Waals surface area contributed by atoms with Gasteiger partial charge in [0.05, 0.1) is 6.61 Å². The molecule has 0 bridgehead atoms. The summed E-state index contributed by atoms with van der Waals surface area (Å²) in [5.74, 6) is 1.03. The van der Waals surface area contributed by atoms with Gasteiger partial charge in [-0.05, 0) is 37.3 Å². The number of phenols is 1. The topological polar surface area (TPSA) is 80.3 Å². The van der Waals surface area contributed by atoms with Crippen LogP contribution >= 0.6 is 0 Å². The van der Waals surface area contributed by atoms with Gasteiger partial charge in [0.1, 0.15) is 6.61 Å². The molecule has 1 heterocycles. The van der Waals surface area contributed by atoms with Gasteiger partial charge in [-0.3, -0.25) is 5.10 Å². The number of aromatic hydroxyl groups is 1. The van der Waals surface area contributed by atoms with E-state index in [9.17, 15) is 9.50 Å². The number of nitrogens with zero attached hydrogens (tertiary/aromatic N) is 2. The molecule has 0 amide bonds. The molecule has 6 nitrogen and oxygen atoms in total. The second kappa shape index (κ2) is 6.99. The van der Waals surface area contributed by atoms with Crippen molar-refractivity contribution in [3.05, 3.63) is 54.1 Å². The van der Waals surface area contributed by atoms with Gasteiger partial charge in [0, 0.05) is 5.56 Å². The van der Waals surface area contributed by atoms with E-state index in [4.69, 9.17) is 9.47 Å². The standard InChI is InChI=1S/C17H16FN3O3/c1-2-23-15-9-11(7-8-13(15)22)17-19-16(20-21-17)10-24-14-6-4-3-5-12(14)18/h3-9,22H,2,10H2,1H3,(H,19,20,21). The van der Waals surface area contributed by atoms with E-state index < -0.39 is 5.82 Å². The van der Waals surface area contributed by atoms with Crippen LogP contribution in [0.4, 0.5) is 4.39 Å². The fraction of sp³-hybridized carbons (Fsp3) is 0.176. The second-order valence-corrected chi connectivity index (χ2v) is 4.94. The number of nitrogens with one attached hydrogen (secondary N) is 1. The predicted octanol–water partition coefficient (Wildman–Crippen LogP) is 3.29. The summed E-state index contributed by atoms with van der Waals surface area (Å²) < 4.78 is 24.2. The van der Waals surface area contributed by atoms with Crippen LogP contribution in [-0.2, 0) is 6.61 Å². The van der Waals surface area contributed by atoms with Crippen LogP contribution in [0, 0.1) is 5.82 Å². The molecular formula is C17H16FN3O3. The zero-order valence-electron chi connectivity index (χ0n) is 13.0. The molecule has 0 saturated carbocycles. The van der Waals surface area contributed by atoms with E-state index in [1.165, 1.54) is 12.1 Å². The molecule has 1 aromatic heterocycles. The number of ether oxygens (including phenoxy) is 2. The van der Waals surface area contributed by atoms with E-state index in [-0.39, 0.29) is 18.1 Å². The molecule has 0 spiro atoms. The summed E-state index contributed by atoms with van der Waals surface area (Å²) >= 11 is 0. The first kappa shape index (κ1) is 15.8. The van der Waals surface area contributed by atoms with Crippen molar-refractivity contribution in [3.63, 3.8) is 0 Å². The van der Waals surface area contributed by atoms with Gasteiger partial charge in [0.2, 0.25) is 0 Å². The largest absolute Gasteiger partial charge is 0.504 e. The van der Waals surface area contributed by atoms with E-state index >= 15 is 0 Å². The molecule has 0 atom stereocenters. The highest BCUT2D eigenvalue weighted by atomic mass is 19.1. The van der Waals surface area contributed by atoms with Gasteiger partial charge in [0.25, 0.3) is 0 Å². The van der Waals surface area contributed by atoms with Crippen LogP contribution in [-0.4, -0.2) is 26.9 Å². The van der Waals surface area contributed by atoms with Crippen LogP contribution in [0.5, 0.6) is 17.2 Å². The molecule has 2 aromatic carbocycles. The van der Waals surface area contributed by atoms with Gasteiger partial charge >= 0.3 is 0 Å². The van der Waals surface area contributed by atoms with Crippen molar-refractivity contribution in [2.75, 3.05) is 6.61 Å². The van der Waals surface area contributed by atoms with Gasteiger partial charge in [-0.25, -0.2) is 9.37 Å². The van der Waals surface area contributed by atoms with E-state index in [2.05, 4.69) is 15.2 Å². The average molecular weight is 329 g/mol. The number of phenolic OH excluding ortho intramolecular Hbond substituents is 1. The first-order chi connectivity index (χ1) is 11.7. The lowest BCUT2D eigenvalue weighted by Gasteiger charge is -2.06. The molecule has 24 heavy (non-hydrogen) atoms. The van der Waals surface area contributed by atoms with E-state index in [0.29, 0.717) is 29.6 Å². The lowest BCUT2D eigenvalue weighted by molar-refractivity contribution is 0.281. The van der Waals surface area contributed by atoms with Gasteiger partial charge < -0.3 is 14.6 Å². The molecule has 0 unspecified atom stereocenters. The van der Waals surface area contributed by atoms with Gasteiger partial charge in [0.15, 0.2) is 34.7 Å². The fourth-order valence-corrected chi connectivity index (χ4v) is 2.12. The summed E-state index contributed by atoms with van der Waals surface area (Å²) in [5.41, 5.74) is 0.685. The van der Waals surface area contributed by atoms with Crippen LogP contribution in [0.15, 0.2) is 42.5 Å². The summed E-state index contributed by atoms with van der Waals surface area (Å²) in [4.78, 5) is 4.30. The molecule has 3 rings (SSSR count). The number of para-hydroxylation sites is 1. The normalized spacial score (nSPS) is 10.6.